The van der Waals surface area contributed by atoms with E-state index in [9.17, 15) is 32.3 Å². The highest BCUT2D eigenvalue weighted by Crippen LogP contribution is 2.43. The van der Waals surface area contributed by atoms with Gasteiger partial charge in [-0.05, 0) is 35.3 Å². The van der Waals surface area contributed by atoms with Crippen molar-refractivity contribution >= 4 is 76.2 Å². The lowest BCUT2D eigenvalue weighted by molar-refractivity contribution is -0.153. The summed E-state index contributed by atoms with van der Waals surface area (Å²) in [6.45, 7) is -2.52. The van der Waals surface area contributed by atoms with Gasteiger partial charge in [-0.25, -0.2) is 9.37 Å². The van der Waals surface area contributed by atoms with Gasteiger partial charge in [0.05, 0.1) is 16.3 Å². The largest absolute Gasteiger partial charge is 0.482 e. The van der Waals surface area contributed by atoms with Crippen molar-refractivity contribution in [1.29, 1.82) is 0 Å². The van der Waals surface area contributed by atoms with E-state index in [0.717, 1.165) is 10.9 Å². The molecule has 42 heavy (non-hydrogen) atoms. The molecule has 2 aliphatic rings. The Morgan fingerprint density at radius 1 is 1.14 bits per heavy atom. The Morgan fingerprint density at radius 3 is 2.50 bits per heavy atom. The van der Waals surface area contributed by atoms with Crippen LogP contribution in [0, 0.1) is 11.7 Å². The Labute approximate surface area is 257 Å². The zero-order valence-corrected chi connectivity index (χ0v) is 24.2. The molecule has 5 rings (SSSR count). The number of hydrogen-bond donors (Lipinski definition) is 1. The van der Waals surface area contributed by atoms with Gasteiger partial charge in [0.25, 0.3) is 5.91 Å². The van der Waals surface area contributed by atoms with Crippen LogP contribution in [0.2, 0.25) is 5.02 Å². The number of aliphatic hydroxyl groups excluding tert-OH is 1. The summed E-state index contributed by atoms with van der Waals surface area (Å²) in [5.74, 6) is -2.75. The number of likely N-dealkylation sites (tertiary alicyclic amines) is 1. The van der Waals surface area contributed by atoms with Crippen molar-refractivity contribution in [3.05, 3.63) is 70.8 Å². The van der Waals surface area contributed by atoms with Gasteiger partial charge in [0, 0.05) is 37.4 Å². The first kappa shape index (κ1) is 30.7. The van der Waals surface area contributed by atoms with Gasteiger partial charge in [0.2, 0.25) is 5.91 Å². The summed E-state index contributed by atoms with van der Waals surface area (Å²) >= 11 is 25.0. The minimum Gasteiger partial charge on any atom is -0.482 e. The van der Waals surface area contributed by atoms with Crippen LogP contribution in [0.4, 0.5) is 23.2 Å². The normalized spacial score (nSPS) is 15.6. The van der Waals surface area contributed by atoms with Crippen LogP contribution in [-0.2, 0) is 0 Å². The van der Waals surface area contributed by atoms with Gasteiger partial charge >= 0.3 is 13.0 Å². The molecular formula is C26H18BCl4F4N3O4. The molecule has 0 bridgehead atoms. The van der Waals surface area contributed by atoms with Gasteiger partial charge in [0.15, 0.2) is 10.3 Å². The van der Waals surface area contributed by atoms with Crippen LogP contribution in [-0.4, -0.2) is 69.8 Å². The van der Waals surface area contributed by atoms with Crippen molar-refractivity contribution < 1.29 is 37.0 Å². The number of nitrogens with zero attached hydrogens (tertiary/aromatic N) is 3. The highest BCUT2D eigenvalue weighted by molar-refractivity contribution is 7.05. The Balaban J connectivity index is 1.59. The second kappa shape index (κ2) is 11.4. The van der Waals surface area contributed by atoms with Crippen molar-refractivity contribution in [1.82, 2.24) is 9.88 Å². The number of aliphatic hydroxyl groups is 1. The molecule has 0 atom stereocenters. The fraction of sp³-hybridized carbons (Fsp3) is 0.269. The summed E-state index contributed by atoms with van der Waals surface area (Å²) < 4.78 is 57.4. The highest BCUT2D eigenvalue weighted by atomic mass is 35.6. The van der Waals surface area contributed by atoms with Gasteiger partial charge < -0.3 is 19.6 Å². The number of carbonyl (C=O) groups is 2. The Morgan fingerprint density at radius 2 is 1.86 bits per heavy atom. The van der Waals surface area contributed by atoms with E-state index in [2.05, 4.69) is 4.98 Å². The average Bonchev–Trinajstić information content (AvgIpc) is 3.20. The SMILES string of the molecule is O=C(c1cc(-c2ccc(N3B(C(Cl)(Cl)Cl)c4cccc(F)c4C3=O)c(OCC(F)(F)F)c2)c(Cl)cn1)N1CC(CO)C1. The molecule has 0 aliphatic carbocycles. The topological polar surface area (TPSA) is 83.0 Å². The molecule has 0 saturated carbocycles. The van der Waals surface area contributed by atoms with Gasteiger partial charge in [-0.15, -0.1) is 0 Å². The molecule has 220 valence electrons. The predicted molar refractivity (Wildman–Crippen MR) is 152 cm³/mol. The van der Waals surface area contributed by atoms with Crippen molar-refractivity contribution in [2.45, 2.75) is 9.87 Å². The van der Waals surface area contributed by atoms with E-state index in [1.807, 2.05) is 0 Å². The summed E-state index contributed by atoms with van der Waals surface area (Å²) in [6, 6.07) is 8.95. The molecular weight excluding hydrogens is 647 g/mol. The number of rotatable bonds is 6. The fourth-order valence-corrected chi connectivity index (χ4v) is 5.75. The molecule has 2 aromatic carbocycles. The van der Waals surface area contributed by atoms with Crippen molar-refractivity contribution in [3.63, 3.8) is 0 Å². The second-order valence-electron chi connectivity index (χ2n) is 9.72. The maximum Gasteiger partial charge on any atom is 0.422 e. The molecule has 16 heteroatoms. The molecule has 3 heterocycles. The Bertz CT molecular complexity index is 1570. The standard InChI is InChI=1S/C26H18BCl4F4N3O4/c28-17-8-36-19(23(40)37-9-13(10-37)11-39)7-15(17)14-4-5-20(21(6-14)42-12-25(33,34)35)38-24(41)22-16(2-1-3-18(22)32)27(38)26(29,30)31/h1-8,13,39H,9-12H2. The lowest BCUT2D eigenvalue weighted by Crippen LogP contribution is -2.53. The molecule has 2 aliphatic heterocycles. The van der Waals surface area contributed by atoms with E-state index in [0.29, 0.717) is 13.1 Å². The number of hydrogen-bond acceptors (Lipinski definition) is 5. The van der Waals surface area contributed by atoms with E-state index in [1.165, 1.54) is 47.5 Å². The highest BCUT2D eigenvalue weighted by Gasteiger charge is 2.54. The quantitative estimate of drug-likeness (QED) is 0.219. The third-order valence-electron chi connectivity index (χ3n) is 6.84. The molecule has 3 aromatic rings. The molecule has 0 unspecified atom stereocenters. The molecule has 1 N–H and O–H groups in total. The molecule has 2 amide bonds. The first-order chi connectivity index (χ1) is 19.7. The van der Waals surface area contributed by atoms with Crippen molar-refractivity contribution in [2.75, 3.05) is 31.1 Å². The lowest BCUT2D eigenvalue weighted by Gasteiger charge is -2.38. The van der Waals surface area contributed by atoms with Crippen LogP contribution >= 0.6 is 46.4 Å². The number of alkyl halides is 6. The third-order valence-corrected chi connectivity index (χ3v) is 7.76. The van der Waals surface area contributed by atoms with Gasteiger partial charge in [-0.3, -0.25) is 9.59 Å². The minimum absolute atomic E-state index is 0.0181. The number of pyridine rings is 1. The fourth-order valence-electron chi connectivity index (χ4n) is 4.89. The van der Waals surface area contributed by atoms with E-state index in [4.69, 9.17) is 51.1 Å². The number of amides is 2. The second-order valence-corrected chi connectivity index (χ2v) is 12.5. The number of ether oxygens (including phenoxy) is 1. The van der Waals surface area contributed by atoms with Crippen LogP contribution in [0.5, 0.6) is 5.75 Å². The average molecular weight is 665 g/mol. The monoisotopic (exact) mass is 663 g/mol. The van der Waals surface area contributed by atoms with Crippen LogP contribution in [0.15, 0.2) is 48.7 Å². The van der Waals surface area contributed by atoms with E-state index in [-0.39, 0.29) is 45.5 Å². The molecule has 1 aromatic heterocycles. The molecule has 0 radical (unpaired) electrons. The first-order valence-corrected chi connectivity index (χ1v) is 13.8. The number of fused-ring (bicyclic) bond motifs is 1. The summed E-state index contributed by atoms with van der Waals surface area (Å²) in [7, 11) is 0. The molecule has 1 fully saturated rings. The van der Waals surface area contributed by atoms with E-state index in [1.54, 1.807) is 0 Å². The van der Waals surface area contributed by atoms with Crippen LogP contribution < -0.4 is 15.0 Å². The van der Waals surface area contributed by atoms with Gasteiger partial charge in [-0.2, -0.15) is 13.2 Å². The Hall–Kier alpha value is -2.77. The summed E-state index contributed by atoms with van der Waals surface area (Å²) in [6.07, 6.45) is -3.54. The molecule has 0 spiro atoms. The number of aromatic nitrogens is 1. The first-order valence-electron chi connectivity index (χ1n) is 12.3. The minimum atomic E-state index is -4.76. The van der Waals surface area contributed by atoms with E-state index >= 15 is 0 Å². The maximum absolute atomic E-state index is 14.7. The number of halogens is 8. The van der Waals surface area contributed by atoms with Crippen molar-refractivity contribution in [3.8, 4) is 16.9 Å². The number of anilines is 1. The summed E-state index contributed by atoms with van der Waals surface area (Å²) in [5.41, 5.74) is -0.121. The third kappa shape index (κ3) is 5.87. The predicted octanol–water partition coefficient (Wildman–Crippen LogP) is 5.31. The smallest absolute Gasteiger partial charge is 0.422 e. The molecule has 7 nitrogen and oxygen atoms in total. The lowest BCUT2D eigenvalue weighted by atomic mass is 9.57. The number of carbonyl (C=O) groups excluding carboxylic acids is 2. The zero-order chi connectivity index (χ0) is 30.6. The number of benzene rings is 2. The van der Waals surface area contributed by atoms with Gasteiger partial charge in [-0.1, -0.05) is 64.6 Å². The summed E-state index contributed by atoms with van der Waals surface area (Å²) in [5, 5.41) is 9.30. The van der Waals surface area contributed by atoms with Crippen molar-refractivity contribution in [2.24, 2.45) is 5.92 Å². The van der Waals surface area contributed by atoms with Crippen LogP contribution in [0.25, 0.3) is 11.1 Å². The van der Waals surface area contributed by atoms with Gasteiger partial charge in [0.1, 0.15) is 17.3 Å². The Kier molecular flexibility index (Phi) is 8.32. The van der Waals surface area contributed by atoms with Crippen LogP contribution in [0.3, 0.4) is 0 Å². The van der Waals surface area contributed by atoms with E-state index < -0.39 is 52.3 Å². The maximum atomic E-state index is 14.7. The zero-order valence-electron chi connectivity index (χ0n) is 21.1. The van der Waals surface area contributed by atoms with Crippen LogP contribution in [0.1, 0.15) is 20.8 Å². The molecule has 1 saturated heterocycles. The summed E-state index contributed by atoms with van der Waals surface area (Å²) in [4.78, 5) is 32.7.